The van der Waals surface area contributed by atoms with Crippen molar-refractivity contribution in [1.82, 2.24) is 0 Å². The number of hydrogen-bond donors (Lipinski definition) is 2. The van der Waals surface area contributed by atoms with Gasteiger partial charge >= 0.3 is 0 Å². The molecule has 4 rings (SSSR count). The molecule has 1 aromatic heterocycles. The predicted octanol–water partition coefficient (Wildman–Crippen LogP) is 3.48. The molecule has 1 aliphatic rings. The van der Waals surface area contributed by atoms with Crippen molar-refractivity contribution in [2.45, 2.75) is 12.5 Å². The zero-order valence-corrected chi connectivity index (χ0v) is 12.0. The zero-order valence-electron chi connectivity index (χ0n) is 11.2. The Hall–Kier alpha value is -2.17. The van der Waals surface area contributed by atoms with Gasteiger partial charge < -0.3 is 10.4 Å². The van der Waals surface area contributed by atoms with E-state index < -0.39 is 6.10 Å². The second-order valence-electron chi connectivity index (χ2n) is 5.23. The van der Waals surface area contributed by atoms with Gasteiger partial charge in [-0.1, -0.05) is 30.3 Å². The van der Waals surface area contributed by atoms with Crippen LogP contribution in [0.5, 0.6) is 0 Å². The van der Waals surface area contributed by atoms with Crippen molar-refractivity contribution >= 4 is 33.0 Å². The van der Waals surface area contributed by atoms with Crippen LogP contribution in [0.25, 0.3) is 10.1 Å². The van der Waals surface area contributed by atoms with E-state index in [2.05, 4.69) is 11.4 Å². The fourth-order valence-corrected chi connectivity index (χ4v) is 3.80. The average Bonchev–Trinajstić information content (AvgIpc) is 3.07. The molecule has 2 heterocycles. The smallest absolute Gasteiger partial charge is 0.228 e. The number of aliphatic hydroxyl groups excluding tert-OH is 1. The quantitative estimate of drug-likeness (QED) is 0.760. The van der Waals surface area contributed by atoms with E-state index in [1.807, 2.05) is 42.5 Å². The highest BCUT2D eigenvalue weighted by Gasteiger charge is 2.20. The fourth-order valence-electron chi connectivity index (χ4n) is 2.72. The minimum Gasteiger partial charge on any atom is -0.383 e. The lowest BCUT2D eigenvalue weighted by Gasteiger charge is -2.10. The summed E-state index contributed by atoms with van der Waals surface area (Å²) in [5.74, 6) is 0.0125. The zero-order chi connectivity index (χ0) is 14.4. The van der Waals surface area contributed by atoms with Gasteiger partial charge in [-0.2, -0.15) is 0 Å². The van der Waals surface area contributed by atoms with Crippen LogP contribution in [0.3, 0.4) is 0 Å². The predicted molar refractivity (Wildman–Crippen MR) is 84.7 cm³/mol. The van der Waals surface area contributed by atoms with Gasteiger partial charge in [0.15, 0.2) is 0 Å². The molecule has 3 nitrogen and oxygen atoms in total. The summed E-state index contributed by atoms with van der Waals surface area (Å²) < 4.78 is 1.17. The Morgan fingerprint density at radius 2 is 2.00 bits per heavy atom. The molecule has 2 aromatic carbocycles. The molecule has 1 unspecified atom stereocenters. The number of benzene rings is 2. The van der Waals surface area contributed by atoms with Crippen LogP contribution >= 0.6 is 11.3 Å². The number of fused-ring (bicyclic) bond motifs is 2. The highest BCUT2D eigenvalue weighted by Crippen LogP contribution is 2.35. The van der Waals surface area contributed by atoms with Crippen molar-refractivity contribution in [3.8, 4) is 0 Å². The summed E-state index contributed by atoms with van der Waals surface area (Å²) in [7, 11) is 0. The molecule has 0 aliphatic carbocycles. The topological polar surface area (TPSA) is 49.3 Å². The van der Waals surface area contributed by atoms with Gasteiger partial charge in [0, 0.05) is 15.3 Å². The van der Waals surface area contributed by atoms with E-state index in [-0.39, 0.29) is 5.91 Å². The van der Waals surface area contributed by atoms with E-state index in [9.17, 15) is 9.90 Å². The van der Waals surface area contributed by atoms with Crippen molar-refractivity contribution < 1.29 is 9.90 Å². The summed E-state index contributed by atoms with van der Waals surface area (Å²) in [6.07, 6.45) is -0.258. The van der Waals surface area contributed by atoms with Crippen LogP contribution in [0.2, 0.25) is 0 Å². The minimum atomic E-state index is -0.650. The second kappa shape index (κ2) is 4.69. The van der Waals surface area contributed by atoms with Crippen LogP contribution in [0.15, 0.2) is 48.5 Å². The third-order valence-corrected chi connectivity index (χ3v) is 4.95. The van der Waals surface area contributed by atoms with Gasteiger partial charge in [0.25, 0.3) is 0 Å². The summed E-state index contributed by atoms with van der Waals surface area (Å²) >= 11 is 1.60. The molecule has 0 saturated heterocycles. The number of carbonyl (C=O) groups is 1. The Labute approximate surface area is 125 Å². The number of hydrogen-bond acceptors (Lipinski definition) is 3. The normalized spacial score (nSPS) is 15.0. The van der Waals surface area contributed by atoms with Crippen LogP contribution in [-0.2, 0) is 11.2 Å². The Morgan fingerprint density at radius 1 is 1.14 bits per heavy atom. The molecule has 0 bridgehead atoms. The maximum atomic E-state index is 11.4. The lowest BCUT2D eigenvalue weighted by molar-refractivity contribution is -0.115. The Morgan fingerprint density at radius 3 is 2.86 bits per heavy atom. The molecule has 0 saturated carbocycles. The number of anilines is 1. The fraction of sp³-hybridized carbons (Fsp3) is 0.118. The summed E-state index contributed by atoms with van der Waals surface area (Å²) in [4.78, 5) is 12.3. The van der Waals surface area contributed by atoms with Crippen molar-refractivity contribution in [2.75, 3.05) is 5.32 Å². The van der Waals surface area contributed by atoms with Gasteiger partial charge in [0.2, 0.25) is 5.91 Å². The van der Waals surface area contributed by atoms with Crippen molar-refractivity contribution in [2.24, 2.45) is 0 Å². The minimum absolute atomic E-state index is 0.0125. The van der Waals surface area contributed by atoms with Gasteiger partial charge in [0.1, 0.15) is 6.10 Å². The molecular weight excluding hydrogens is 282 g/mol. The Balaban J connectivity index is 1.73. The summed E-state index contributed by atoms with van der Waals surface area (Å²) in [6, 6.07) is 15.8. The van der Waals surface area contributed by atoms with Crippen LogP contribution in [0.4, 0.5) is 5.69 Å². The van der Waals surface area contributed by atoms with E-state index in [0.717, 1.165) is 27.1 Å². The molecule has 2 N–H and O–H groups in total. The van der Waals surface area contributed by atoms with Crippen molar-refractivity contribution in [1.29, 1.82) is 0 Å². The summed E-state index contributed by atoms with van der Waals surface area (Å²) in [5, 5.41) is 14.5. The average molecular weight is 295 g/mol. The highest BCUT2D eigenvalue weighted by atomic mass is 32.1. The lowest BCUT2D eigenvalue weighted by Crippen LogP contribution is -2.03. The third kappa shape index (κ3) is 2.13. The van der Waals surface area contributed by atoms with Gasteiger partial charge in [0.05, 0.1) is 6.42 Å². The van der Waals surface area contributed by atoms with E-state index in [1.54, 1.807) is 11.3 Å². The molecule has 4 heteroatoms. The third-order valence-electron chi connectivity index (χ3n) is 3.78. The number of nitrogens with one attached hydrogen (secondary N) is 1. The molecule has 21 heavy (non-hydrogen) atoms. The molecule has 1 aliphatic heterocycles. The van der Waals surface area contributed by atoms with E-state index in [0.29, 0.717) is 6.42 Å². The highest BCUT2D eigenvalue weighted by molar-refractivity contribution is 7.19. The van der Waals surface area contributed by atoms with E-state index in [1.165, 1.54) is 4.70 Å². The SMILES string of the molecule is O=C1Cc2cc(C(O)c3cc4ccccc4s3)ccc2N1. The van der Waals surface area contributed by atoms with Gasteiger partial charge in [-0.3, -0.25) is 4.79 Å². The number of amides is 1. The lowest BCUT2D eigenvalue weighted by atomic mass is 10.0. The van der Waals surface area contributed by atoms with Crippen molar-refractivity contribution in [3.63, 3.8) is 0 Å². The molecular formula is C17H13NO2S. The first-order valence-corrected chi connectivity index (χ1v) is 7.61. The molecule has 0 radical (unpaired) electrons. The van der Waals surface area contributed by atoms with Gasteiger partial charge in [-0.25, -0.2) is 0 Å². The van der Waals surface area contributed by atoms with Crippen molar-refractivity contribution in [3.05, 3.63) is 64.5 Å². The molecule has 104 valence electrons. The summed E-state index contributed by atoms with van der Waals surface area (Å²) in [5.41, 5.74) is 2.64. The number of aliphatic hydroxyl groups is 1. The standard InChI is InChI=1S/C17H13NO2S/c19-16-9-12-7-11(5-6-13(12)18-16)17(20)15-8-10-3-1-2-4-14(10)21-15/h1-8,17,20H,9H2,(H,18,19). The maximum Gasteiger partial charge on any atom is 0.228 e. The first kappa shape index (κ1) is 12.6. The Kier molecular flexibility index (Phi) is 2.80. The maximum absolute atomic E-state index is 11.4. The van der Waals surface area contributed by atoms with Crippen LogP contribution in [-0.4, -0.2) is 11.0 Å². The van der Waals surface area contributed by atoms with E-state index in [4.69, 9.17) is 0 Å². The summed E-state index contributed by atoms with van der Waals surface area (Å²) in [6.45, 7) is 0. The molecule has 3 aromatic rings. The molecule has 1 atom stereocenters. The number of thiophene rings is 1. The monoisotopic (exact) mass is 295 g/mol. The van der Waals surface area contributed by atoms with Crippen LogP contribution < -0.4 is 5.32 Å². The molecule has 0 spiro atoms. The number of rotatable bonds is 2. The number of carbonyl (C=O) groups excluding carboxylic acids is 1. The van der Waals surface area contributed by atoms with Crippen LogP contribution in [0, 0.1) is 0 Å². The van der Waals surface area contributed by atoms with Crippen LogP contribution in [0.1, 0.15) is 22.1 Å². The van der Waals surface area contributed by atoms with E-state index >= 15 is 0 Å². The van der Waals surface area contributed by atoms with Gasteiger partial charge in [-0.05, 0) is 34.7 Å². The van der Waals surface area contributed by atoms with Gasteiger partial charge in [-0.15, -0.1) is 11.3 Å². The molecule has 0 fully saturated rings. The largest absolute Gasteiger partial charge is 0.383 e. The Bertz CT molecular complexity index is 820. The first-order chi connectivity index (χ1) is 10.2. The second-order valence-corrected chi connectivity index (χ2v) is 6.35. The first-order valence-electron chi connectivity index (χ1n) is 6.80. The molecule has 1 amide bonds.